The van der Waals surface area contributed by atoms with E-state index in [1.807, 2.05) is 30.3 Å². The number of rotatable bonds is 2. The van der Waals surface area contributed by atoms with Crippen molar-refractivity contribution in [3.05, 3.63) is 60.2 Å². The molecular formula is C17H18O. The molecule has 0 bridgehead atoms. The van der Waals surface area contributed by atoms with E-state index in [1.54, 1.807) is 0 Å². The first kappa shape index (κ1) is 11.5. The molecule has 0 heterocycles. The molecule has 1 aromatic rings. The van der Waals surface area contributed by atoms with E-state index in [2.05, 4.69) is 24.3 Å². The maximum Gasteiger partial charge on any atom is 0.169 e. The number of benzene rings is 1. The van der Waals surface area contributed by atoms with Crippen molar-refractivity contribution in [3.63, 3.8) is 0 Å². The zero-order valence-corrected chi connectivity index (χ0v) is 10.5. The van der Waals surface area contributed by atoms with Crippen molar-refractivity contribution in [1.29, 1.82) is 0 Å². The van der Waals surface area contributed by atoms with Crippen molar-refractivity contribution >= 4 is 5.78 Å². The third-order valence-corrected chi connectivity index (χ3v) is 4.41. The maximum atomic E-state index is 12.9. The van der Waals surface area contributed by atoms with Crippen LogP contribution in [0.3, 0.4) is 0 Å². The van der Waals surface area contributed by atoms with Gasteiger partial charge in [0.1, 0.15) is 0 Å². The van der Waals surface area contributed by atoms with Crippen LogP contribution in [-0.2, 0) is 0 Å². The summed E-state index contributed by atoms with van der Waals surface area (Å²) in [4.78, 5) is 12.9. The molecule has 0 saturated carbocycles. The van der Waals surface area contributed by atoms with Crippen molar-refractivity contribution in [2.24, 2.45) is 11.3 Å². The first-order valence-electron chi connectivity index (χ1n) is 6.73. The number of Topliss-reactive ketones (excluding diaryl/α,β-unsaturated/α-hetero) is 1. The molecule has 18 heavy (non-hydrogen) atoms. The van der Waals surface area contributed by atoms with E-state index >= 15 is 0 Å². The van der Waals surface area contributed by atoms with Gasteiger partial charge in [-0.1, -0.05) is 54.6 Å². The molecule has 0 aliphatic heterocycles. The minimum absolute atomic E-state index is 0.176. The highest BCUT2D eigenvalue weighted by molar-refractivity contribution is 6.01. The fourth-order valence-corrected chi connectivity index (χ4v) is 3.32. The van der Waals surface area contributed by atoms with Gasteiger partial charge in [0.25, 0.3) is 0 Å². The maximum absolute atomic E-state index is 12.9. The summed E-state index contributed by atoms with van der Waals surface area (Å²) in [5.74, 6) is 0.821. The molecule has 0 radical (unpaired) electrons. The van der Waals surface area contributed by atoms with Crippen molar-refractivity contribution in [1.82, 2.24) is 0 Å². The molecule has 1 nitrogen and oxygen atoms in total. The summed E-state index contributed by atoms with van der Waals surface area (Å²) in [5.41, 5.74) is 0.693. The first-order valence-corrected chi connectivity index (χ1v) is 6.73. The lowest BCUT2D eigenvalue weighted by Gasteiger charge is -2.42. The monoisotopic (exact) mass is 238 g/mol. The average molecular weight is 238 g/mol. The van der Waals surface area contributed by atoms with Crippen LogP contribution in [-0.4, -0.2) is 5.78 Å². The lowest BCUT2D eigenvalue weighted by molar-refractivity contribution is 0.0643. The van der Waals surface area contributed by atoms with E-state index in [1.165, 1.54) is 0 Å². The Labute approximate surface area is 108 Å². The number of carbonyl (C=O) groups excluding carboxylic acids is 1. The summed E-state index contributed by atoms with van der Waals surface area (Å²) >= 11 is 0. The molecule has 3 rings (SSSR count). The summed E-state index contributed by atoms with van der Waals surface area (Å²) in [6.45, 7) is 0. The molecule has 0 N–H and O–H groups in total. The van der Waals surface area contributed by atoms with Crippen LogP contribution in [0, 0.1) is 11.3 Å². The van der Waals surface area contributed by atoms with Gasteiger partial charge in [0.2, 0.25) is 0 Å². The molecule has 1 aromatic carbocycles. The van der Waals surface area contributed by atoms with Crippen LogP contribution in [0.4, 0.5) is 0 Å². The van der Waals surface area contributed by atoms with Gasteiger partial charge >= 0.3 is 0 Å². The molecule has 0 aromatic heterocycles. The number of carbonyl (C=O) groups is 1. The molecular weight excluding hydrogens is 220 g/mol. The molecule has 0 spiro atoms. The number of hydrogen-bond acceptors (Lipinski definition) is 1. The van der Waals surface area contributed by atoms with Crippen LogP contribution >= 0.6 is 0 Å². The molecule has 0 amide bonds. The highest BCUT2D eigenvalue weighted by atomic mass is 16.1. The lowest BCUT2D eigenvalue weighted by Crippen LogP contribution is -2.40. The number of allylic oxidation sites excluding steroid dienone is 4. The van der Waals surface area contributed by atoms with Gasteiger partial charge in [-0.3, -0.25) is 4.79 Å². The molecule has 1 heteroatoms. The molecule has 0 unspecified atom stereocenters. The molecule has 0 fully saturated rings. The molecule has 0 atom stereocenters. The SMILES string of the molecule is O=C(c1ccccc1)[C@]12CC=CC[C@H]1CC=CC2. The third-order valence-electron chi connectivity index (χ3n) is 4.41. The van der Waals surface area contributed by atoms with Crippen molar-refractivity contribution in [2.75, 3.05) is 0 Å². The Kier molecular flexibility index (Phi) is 2.91. The van der Waals surface area contributed by atoms with E-state index < -0.39 is 0 Å². The van der Waals surface area contributed by atoms with Crippen molar-refractivity contribution in [3.8, 4) is 0 Å². The summed E-state index contributed by atoms with van der Waals surface area (Å²) in [7, 11) is 0. The number of hydrogen-bond donors (Lipinski definition) is 0. The second-order valence-corrected chi connectivity index (χ2v) is 5.37. The van der Waals surface area contributed by atoms with Crippen molar-refractivity contribution in [2.45, 2.75) is 25.7 Å². The van der Waals surface area contributed by atoms with E-state index in [0.29, 0.717) is 11.7 Å². The van der Waals surface area contributed by atoms with E-state index in [9.17, 15) is 4.79 Å². The van der Waals surface area contributed by atoms with E-state index in [-0.39, 0.29) is 5.41 Å². The average Bonchev–Trinajstić information content (AvgIpc) is 2.47. The quantitative estimate of drug-likeness (QED) is 0.558. The fourth-order valence-electron chi connectivity index (χ4n) is 3.32. The Bertz CT molecular complexity index is 478. The van der Waals surface area contributed by atoms with Crippen LogP contribution in [0.5, 0.6) is 0 Å². The van der Waals surface area contributed by atoms with Crippen molar-refractivity contribution < 1.29 is 4.79 Å². The molecule has 2 aliphatic carbocycles. The summed E-state index contributed by atoms with van der Waals surface area (Å²) in [5, 5.41) is 0. The van der Waals surface area contributed by atoms with Crippen LogP contribution < -0.4 is 0 Å². The van der Waals surface area contributed by atoms with Gasteiger partial charge in [-0.2, -0.15) is 0 Å². The second-order valence-electron chi connectivity index (χ2n) is 5.37. The molecule has 2 aliphatic rings. The Hall–Kier alpha value is -1.63. The van der Waals surface area contributed by atoms with Crippen LogP contribution in [0.25, 0.3) is 0 Å². The predicted molar refractivity (Wildman–Crippen MR) is 73.4 cm³/mol. The summed E-state index contributed by atoms with van der Waals surface area (Å²) in [6, 6.07) is 9.77. The molecule has 92 valence electrons. The summed E-state index contributed by atoms with van der Waals surface area (Å²) < 4.78 is 0. The number of ketones is 1. The Balaban J connectivity index is 2.00. The van der Waals surface area contributed by atoms with Gasteiger partial charge < -0.3 is 0 Å². The minimum Gasteiger partial charge on any atom is -0.294 e. The fraction of sp³-hybridized carbons (Fsp3) is 0.353. The zero-order chi connectivity index (χ0) is 12.4. The smallest absolute Gasteiger partial charge is 0.169 e. The topological polar surface area (TPSA) is 17.1 Å². The highest BCUT2D eigenvalue weighted by Gasteiger charge is 2.45. The van der Waals surface area contributed by atoms with E-state index in [0.717, 1.165) is 31.2 Å². The Morgan fingerprint density at radius 2 is 1.56 bits per heavy atom. The van der Waals surface area contributed by atoms with Gasteiger partial charge in [0, 0.05) is 11.0 Å². The van der Waals surface area contributed by atoms with Crippen LogP contribution in [0.1, 0.15) is 36.0 Å². The van der Waals surface area contributed by atoms with Gasteiger partial charge in [-0.25, -0.2) is 0 Å². The van der Waals surface area contributed by atoms with Gasteiger partial charge in [0.05, 0.1) is 0 Å². The highest BCUT2D eigenvalue weighted by Crippen LogP contribution is 2.48. The van der Waals surface area contributed by atoms with Gasteiger partial charge in [-0.05, 0) is 31.6 Å². The van der Waals surface area contributed by atoms with Crippen LogP contribution in [0.2, 0.25) is 0 Å². The van der Waals surface area contributed by atoms with Gasteiger partial charge in [-0.15, -0.1) is 0 Å². The zero-order valence-electron chi connectivity index (χ0n) is 10.5. The minimum atomic E-state index is -0.176. The summed E-state index contributed by atoms with van der Waals surface area (Å²) in [6.07, 6.45) is 12.7. The lowest BCUT2D eigenvalue weighted by atomic mass is 9.60. The standard InChI is InChI=1S/C17H18O/c18-16(14-8-2-1-3-9-14)17-12-6-4-10-15(17)11-5-7-13-17/h1-9,15H,10-13H2/t15-,17-. The molecule has 0 saturated heterocycles. The third kappa shape index (κ3) is 1.74. The van der Waals surface area contributed by atoms with Gasteiger partial charge in [0.15, 0.2) is 5.78 Å². The predicted octanol–water partition coefficient (Wildman–Crippen LogP) is 4.17. The Morgan fingerprint density at radius 3 is 2.17 bits per heavy atom. The first-order chi connectivity index (χ1) is 8.83. The van der Waals surface area contributed by atoms with E-state index in [4.69, 9.17) is 0 Å². The largest absolute Gasteiger partial charge is 0.294 e. The normalized spacial score (nSPS) is 29.9. The number of fused-ring (bicyclic) bond motifs is 1. The Morgan fingerprint density at radius 1 is 0.944 bits per heavy atom. The second kappa shape index (κ2) is 4.56. The van der Waals surface area contributed by atoms with Crippen LogP contribution in [0.15, 0.2) is 54.6 Å².